The molecule has 19 heavy (non-hydrogen) atoms. The maximum atomic E-state index is 11.5. The molecule has 0 radical (unpaired) electrons. The second kappa shape index (κ2) is 7.14. The number of rotatable bonds is 6. The number of carbonyl (C=O) groups is 2. The number of esters is 1. The molecule has 0 aromatic carbocycles. The molecular weight excluding hydrogens is 250 g/mol. The quantitative estimate of drug-likeness (QED) is 0.494. The Bertz CT molecular complexity index is 464. The van der Waals surface area contributed by atoms with E-state index in [-0.39, 0.29) is 0 Å². The average Bonchev–Trinajstić information content (AvgIpc) is 2.34. The van der Waals surface area contributed by atoms with Gasteiger partial charge in [0.1, 0.15) is 0 Å². The van der Waals surface area contributed by atoms with E-state index in [0.717, 1.165) is 0 Å². The first-order valence-electron chi connectivity index (χ1n) is 5.82. The van der Waals surface area contributed by atoms with Crippen LogP contribution in [0.3, 0.4) is 0 Å². The van der Waals surface area contributed by atoms with Gasteiger partial charge in [-0.3, -0.25) is 0 Å². The van der Waals surface area contributed by atoms with Crippen LogP contribution >= 0.6 is 0 Å². The lowest BCUT2D eigenvalue weighted by molar-refractivity contribution is 0.0524. The van der Waals surface area contributed by atoms with E-state index in [4.69, 9.17) is 10.5 Å². The Morgan fingerprint density at radius 3 is 2.74 bits per heavy atom. The molecule has 1 aromatic rings. The largest absolute Gasteiger partial charge is 0.462 e. The Balaban J connectivity index is 2.56. The summed E-state index contributed by atoms with van der Waals surface area (Å²) in [5.41, 5.74) is 5.78. The molecule has 8 nitrogen and oxygen atoms in total. The molecule has 4 N–H and O–H groups in total. The number of nitrogens with two attached hydrogens (primary N) is 1. The number of hydrogen-bond acceptors (Lipinski definition) is 6. The molecule has 0 aliphatic heterocycles. The van der Waals surface area contributed by atoms with Crippen LogP contribution in [0.15, 0.2) is 6.20 Å². The van der Waals surface area contributed by atoms with E-state index >= 15 is 0 Å². The average molecular weight is 267 g/mol. The second-order valence-electron chi connectivity index (χ2n) is 3.63. The first kappa shape index (κ1) is 14.7. The van der Waals surface area contributed by atoms with E-state index in [9.17, 15) is 9.59 Å². The Morgan fingerprint density at radius 2 is 2.16 bits per heavy atom. The molecular formula is C11H17N5O3. The number of ether oxygens (including phenoxy) is 1. The lowest BCUT2D eigenvalue weighted by atomic mass is 10.2. The van der Waals surface area contributed by atoms with Crippen molar-refractivity contribution in [3.8, 4) is 0 Å². The lowest BCUT2D eigenvalue weighted by Crippen LogP contribution is -2.33. The van der Waals surface area contributed by atoms with Crippen LogP contribution in [0.5, 0.6) is 0 Å². The van der Waals surface area contributed by atoms with Crippen LogP contribution in [0.1, 0.15) is 23.0 Å². The normalized spacial score (nSPS) is 9.79. The maximum Gasteiger partial charge on any atom is 0.341 e. The van der Waals surface area contributed by atoms with Crippen molar-refractivity contribution in [1.29, 1.82) is 0 Å². The summed E-state index contributed by atoms with van der Waals surface area (Å²) in [5, 5.41) is 5.32. The number of urea groups is 1. The van der Waals surface area contributed by atoms with E-state index in [0.29, 0.717) is 36.9 Å². The zero-order valence-electron chi connectivity index (χ0n) is 10.9. The van der Waals surface area contributed by atoms with Crippen LogP contribution in [0.2, 0.25) is 0 Å². The smallest absolute Gasteiger partial charge is 0.341 e. The Morgan fingerprint density at radius 1 is 1.42 bits per heavy atom. The van der Waals surface area contributed by atoms with Gasteiger partial charge in [-0.05, 0) is 13.8 Å². The van der Waals surface area contributed by atoms with E-state index in [1.54, 1.807) is 13.8 Å². The highest BCUT2D eigenvalue weighted by molar-refractivity contribution is 5.90. The van der Waals surface area contributed by atoms with E-state index in [1.807, 2.05) is 0 Å². The minimum atomic E-state index is -0.587. The molecule has 0 aliphatic rings. The molecule has 8 heteroatoms. The van der Waals surface area contributed by atoms with Gasteiger partial charge in [0.25, 0.3) is 0 Å². The van der Waals surface area contributed by atoms with Crippen molar-refractivity contribution in [3.63, 3.8) is 0 Å². The summed E-state index contributed by atoms with van der Waals surface area (Å²) in [6.07, 6.45) is 1.41. The van der Waals surface area contributed by atoms with Gasteiger partial charge in [-0.2, -0.15) is 0 Å². The maximum absolute atomic E-state index is 11.5. The summed E-state index contributed by atoms with van der Waals surface area (Å²) < 4.78 is 4.87. The summed E-state index contributed by atoms with van der Waals surface area (Å²) in [4.78, 5) is 30.1. The number of nitrogens with zero attached hydrogens (tertiary/aromatic N) is 2. The number of hydrogen-bond donors (Lipinski definition) is 3. The number of anilines is 1. The van der Waals surface area contributed by atoms with Crippen LogP contribution in [0.4, 0.5) is 10.7 Å². The number of aryl methyl sites for hydroxylation is 1. The van der Waals surface area contributed by atoms with Gasteiger partial charge in [-0.15, -0.1) is 0 Å². The summed E-state index contributed by atoms with van der Waals surface area (Å²) in [5.74, 6) is -0.0706. The minimum absolute atomic E-state index is 0.303. The highest BCUT2D eigenvalue weighted by Crippen LogP contribution is 2.08. The van der Waals surface area contributed by atoms with Crippen molar-refractivity contribution in [2.45, 2.75) is 13.8 Å². The van der Waals surface area contributed by atoms with E-state index in [1.165, 1.54) is 6.20 Å². The molecule has 1 heterocycles. The molecule has 0 saturated heterocycles. The fraction of sp³-hybridized carbons (Fsp3) is 0.455. The van der Waals surface area contributed by atoms with Gasteiger partial charge in [0.2, 0.25) is 5.95 Å². The molecule has 0 saturated carbocycles. The monoisotopic (exact) mass is 267 g/mol. The molecule has 1 aromatic heterocycles. The third-order valence-corrected chi connectivity index (χ3v) is 2.18. The number of primary amides is 1. The van der Waals surface area contributed by atoms with Crippen molar-refractivity contribution in [2.24, 2.45) is 5.73 Å². The van der Waals surface area contributed by atoms with Gasteiger partial charge in [0.15, 0.2) is 0 Å². The van der Waals surface area contributed by atoms with Crippen molar-refractivity contribution in [1.82, 2.24) is 15.3 Å². The van der Waals surface area contributed by atoms with Crippen LogP contribution in [0, 0.1) is 6.92 Å². The minimum Gasteiger partial charge on any atom is -0.462 e. The second-order valence-corrected chi connectivity index (χ2v) is 3.63. The van der Waals surface area contributed by atoms with E-state index in [2.05, 4.69) is 20.6 Å². The van der Waals surface area contributed by atoms with Gasteiger partial charge < -0.3 is 21.1 Å². The fourth-order valence-electron chi connectivity index (χ4n) is 1.32. The molecule has 0 aliphatic carbocycles. The third-order valence-electron chi connectivity index (χ3n) is 2.18. The Labute approximate surface area is 110 Å². The van der Waals surface area contributed by atoms with Crippen LogP contribution < -0.4 is 16.4 Å². The number of nitrogens with one attached hydrogen (secondary N) is 2. The van der Waals surface area contributed by atoms with Crippen molar-refractivity contribution < 1.29 is 14.3 Å². The molecule has 0 atom stereocenters. The number of amides is 2. The van der Waals surface area contributed by atoms with Gasteiger partial charge in [0.05, 0.1) is 17.9 Å². The molecule has 0 fully saturated rings. The topological polar surface area (TPSA) is 119 Å². The van der Waals surface area contributed by atoms with Gasteiger partial charge in [-0.25, -0.2) is 19.6 Å². The van der Waals surface area contributed by atoms with Crippen molar-refractivity contribution in [3.05, 3.63) is 17.5 Å². The Hall–Kier alpha value is -2.38. The van der Waals surface area contributed by atoms with Crippen LogP contribution in [0.25, 0.3) is 0 Å². The lowest BCUT2D eigenvalue weighted by Gasteiger charge is -2.08. The summed E-state index contributed by atoms with van der Waals surface area (Å²) in [6, 6.07) is -0.587. The summed E-state index contributed by atoms with van der Waals surface area (Å²) in [7, 11) is 0. The van der Waals surface area contributed by atoms with Crippen molar-refractivity contribution in [2.75, 3.05) is 25.0 Å². The van der Waals surface area contributed by atoms with E-state index < -0.39 is 12.0 Å². The molecule has 0 bridgehead atoms. The van der Waals surface area contributed by atoms with Crippen LogP contribution in [-0.4, -0.2) is 41.7 Å². The third kappa shape index (κ3) is 4.78. The first-order valence-corrected chi connectivity index (χ1v) is 5.82. The summed E-state index contributed by atoms with van der Waals surface area (Å²) >= 11 is 0. The fourth-order valence-corrected chi connectivity index (χ4v) is 1.32. The van der Waals surface area contributed by atoms with Crippen molar-refractivity contribution >= 4 is 17.9 Å². The van der Waals surface area contributed by atoms with Gasteiger partial charge in [-0.1, -0.05) is 0 Å². The van der Waals surface area contributed by atoms with Gasteiger partial charge in [0, 0.05) is 19.3 Å². The van der Waals surface area contributed by atoms with Gasteiger partial charge >= 0.3 is 12.0 Å². The molecule has 2 amide bonds. The first-order chi connectivity index (χ1) is 9.04. The predicted octanol–water partition coefficient (Wildman–Crippen LogP) is 0.0419. The SMILES string of the molecule is CCOC(=O)c1cnc(NCCNC(N)=O)nc1C. The number of carbonyl (C=O) groups excluding carboxylic acids is 2. The Kier molecular flexibility index (Phi) is 5.52. The zero-order valence-corrected chi connectivity index (χ0v) is 10.9. The molecule has 104 valence electrons. The molecule has 1 rings (SSSR count). The zero-order chi connectivity index (χ0) is 14.3. The predicted molar refractivity (Wildman–Crippen MR) is 68.8 cm³/mol. The van der Waals surface area contributed by atoms with Crippen LogP contribution in [-0.2, 0) is 4.74 Å². The molecule has 0 unspecified atom stereocenters. The summed E-state index contributed by atoms with van der Waals surface area (Å²) in [6.45, 7) is 4.52. The highest BCUT2D eigenvalue weighted by Gasteiger charge is 2.12. The molecule has 0 spiro atoms. The standard InChI is InChI=1S/C11H17N5O3/c1-3-19-9(17)8-6-15-11(16-7(8)2)14-5-4-13-10(12)18/h6H,3-5H2,1-2H3,(H3,12,13,18)(H,14,15,16). The number of aromatic nitrogens is 2. The highest BCUT2D eigenvalue weighted by atomic mass is 16.5.